The van der Waals surface area contributed by atoms with Gasteiger partial charge in [0.25, 0.3) is 0 Å². The second kappa shape index (κ2) is 9.50. The Kier molecular flexibility index (Phi) is 6.80. The molecule has 1 aromatic heterocycles. The average Bonchev–Trinajstić information content (AvgIpc) is 3.46. The van der Waals surface area contributed by atoms with Crippen LogP contribution in [0.4, 0.5) is 0 Å². The Morgan fingerprint density at radius 3 is 2.96 bits per heavy atom. The molecule has 146 valence electrons. The fourth-order valence-corrected chi connectivity index (χ4v) is 13.8. The Hall–Kier alpha value is -1.25. The summed E-state index contributed by atoms with van der Waals surface area (Å²) in [6.07, 6.45) is 13.2. The summed E-state index contributed by atoms with van der Waals surface area (Å²) in [6.45, 7) is 0. The zero-order chi connectivity index (χ0) is 19.3. The van der Waals surface area contributed by atoms with Crippen LogP contribution in [-0.4, -0.2) is 62.7 Å². The third-order valence-electron chi connectivity index (χ3n) is 5.24. The van der Waals surface area contributed by atoms with Crippen LogP contribution in [0.1, 0.15) is 32.1 Å². The molecule has 0 amide bonds. The number of nitrogens with zero attached hydrogens (tertiary/aromatic N) is 2. The maximum absolute atomic E-state index is 11.6. The summed E-state index contributed by atoms with van der Waals surface area (Å²) in [5, 5.41) is 1.08. The summed E-state index contributed by atoms with van der Waals surface area (Å²) in [5.41, 5.74) is 0. The molecule has 2 aliphatic heterocycles. The number of esters is 1. The molecule has 1 aromatic rings. The van der Waals surface area contributed by atoms with Gasteiger partial charge in [0.1, 0.15) is 0 Å². The number of carbonyl (C=O) groups excluding carboxylic acids is 1. The number of methoxy groups -OCH3 is 1. The van der Waals surface area contributed by atoms with Gasteiger partial charge in [-0.2, -0.15) is 0 Å². The third kappa shape index (κ3) is 4.83. The molecular formula is C20H24InN3O3S. The van der Waals surface area contributed by atoms with E-state index in [1.165, 1.54) is 36.1 Å². The molecule has 1 N–H and O–H groups in total. The Bertz CT molecular complexity index is 806. The van der Waals surface area contributed by atoms with Gasteiger partial charge < -0.3 is 0 Å². The fourth-order valence-electron chi connectivity index (χ4n) is 3.80. The predicted octanol–water partition coefficient (Wildman–Crippen LogP) is 2.96. The van der Waals surface area contributed by atoms with Crippen molar-refractivity contribution in [1.82, 2.24) is 8.29 Å². The molecule has 8 heteroatoms. The van der Waals surface area contributed by atoms with Gasteiger partial charge in [0.15, 0.2) is 0 Å². The molecule has 1 atom stereocenters. The number of aliphatic imine (C=N–C) groups is 1. The topological polar surface area (TPSA) is 72.8 Å². The summed E-state index contributed by atoms with van der Waals surface area (Å²) >= 11 is -0.808. The number of pyridine rings is 1. The van der Waals surface area contributed by atoms with Crippen LogP contribution in [0.15, 0.2) is 48.5 Å². The number of thioether (sulfide) groups is 1. The van der Waals surface area contributed by atoms with Crippen LogP contribution in [0.3, 0.4) is 0 Å². The first-order valence-electron chi connectivity index (χ1n) is 9.76. The second-order valence-electron chi connectivity index (χ2n) is 7.24. The summed E-state index contributed by atoms with van der Waals surface area (Å²) in [4.78, 5) is 20.6. The number of nitrogens with one attached hydrogen (secondary N) is 1. The molecule has 0 unspecified atom stereocenters. The van der Waals surface area contributed by atoms with Gasteiger partial charge in [-0.25, -0.2) is 0 Å². The van der Waals surface area contributed by atoms with Gasteiger partial charge in [0, 0.05) is 0 Å². The first kappa shape index (κ1) is 20.0. The van der Waals surface area contributed by atoms with E-state index in [1.54, 1.807) is 24.2 Å². The second-order valence-corrected chi connectivity index (χ2v) is 15.1. The molecule has 0 spiro atoms. The van der Waals surface area contributed by atoms with Crippen LogP contribution in [0, 0.1) is 0 Å². The number of hydrogen-bond donors (Lipinski definition) is 1. The number of hydrogen-bond acceptors (Lipinski definition) is 7. The van der Waals surface area contributed by atoms with E-state index in [4.69, 9.17) is 14.5 Å². The molecule has 3 heterocycles. The van der Waals surface area contributed by atoms with Crippen molar-refractivity contribution in [3.63, 3.8) is 0 Å². The molecule has 0 saturated heterocycles. The number of rotatable bonds is 7. The van der Waals surface area contributed by atoms with Gasteiger partial charge in [-0.05, 0) is 0 Å². The van der Waals surface area contributed by atoms with Gasteiger partial charge in [-0.3, -0.25) is 0 Å². The van der Waals surface area contributed by atoms with Crippen LogP contribution in [0.2, 0.25) is 0 Å². The summed E-state index contributed by atoms with van der Waals surface area (Å²) < 4.78 is 17.4. The molecule has 6 nitrogen and oxygen atoms in total. The van der Waals surface area contributed by atoms with Crippen molar-refractivity contribution in [3.05, 3.63) is 43.5 Å². The molecule has 0 aromatic carbocycles. The van der Waals surface area contributed by atoms with Gasteiger partial charge >= 0.3 is 178 Å². The average molecular weight is 501 g/mol. The van der Waals surface area contributed by atoms with E-state index < -0.39 is 21.7 Å². The molecule has 0 radical (unpaired) electrons. The summed E-state index contributed by atoms with van der Waals surface area (Å²) in [5.74, 6) is 1.42. The van der Waals surface area contributed by atoms with Crippen molar-refractivity contribution in [2.45, 2.75) is 44.2 Å². The first-order valence-corrected chi connectivity index (χ1v) is 15.7. The molecule has 28 heavy (non-hydrogen) atoms. The molecule has 3 aliphatic rings. The predicted molar refractivity (Wildman–Crippen MR) is 112 cm³/mol. The van der Waals surface area contributed by atoms with E-state index in [9.17, 15) is 4.79 Å². The zero-order valence-electron chi connectivity index (χ0n) is 16.0. The summed E-state index contributed by atoms with van der Waals surface area (Å²) in [6, 6.07) is 4.43. The van der Waals surface area contributed by atoms with Crippen LogP contribution >= 0.6 is 11.8 Å². The number of aromatic nitrogens is 1. The fraction of sp³-hybridized carbons (Fsp3) is 0.450. The van der Waals surface area contributed by atoms with E-state index in [1.807, 2.05) is 12.1 Å². The molecule has 0 bridgehead atoms. The number of ether oxygens (including phenoxy) is 2. The third-order valence-corrected chi connectivity index (χ3v) is 14.9. The van der Waals surface area contributed by atoms with E-state index in [0.717, 1.165) is 20.1 Å². The normalized spacial score (nSPS) is 22.1. The summed E-state index contributed by atoms with van der Waals surface area (Å²) in [7, 11) is 1.43. The van der Waals surface area contributed by atoms with Crippen LogP contribution in [0.25, 0.3) is 0 Å². The van der Waals surface area contributed by atoms with Crippen LogP contribution in [-0.2, 0) is 9.53 Å². The van der Waals surface area contributed by atoms with Crippen LogP contribution < -0.4 is 8.04 Å². The van der Waals surface area contributed by atoms with Gasteiger partial charge in [0.2, 0.25) is 0 Å². The van der Waals surface area contributed by atoms with Crippen LogP contribution in [0.5, 0.6) is 5.75 Å². The molecule has 1 saturated carbocycles. The SMILES string of the molecule is COC(=O)C[C@@H]1CSC([C]2=CC=[C](Oc3cccnc3)[In]2[NH]C2CCCC2)=N1. The van der Waals surface area contributed by atoms with Crippen molar-refractivity contribution < 1.29 is 14.3 Å². The van der Waals surface area contributed by atoms with Crippen molar-refractivity contribution >= 4 is 44.5 Å². The molecule has 1 aliphatic carbocycles. The Morgan fingerprint density at radius 2 is 2.21 bits per heavy atom. The van der Waals surface area contributed by atoms with E-state index in [2.05, 4.69) is 20.4 Å². The van der Waals surface area contributed by atoms with Gasteiger partial charge in [0.05, 0.1) is 0 Å². The van der Waals surface area contributed by atoms with Crippen molar-refractivity contribution in [2.24, 2.45) is 4.99 Å². The van der Waals surface area contributed by atoms with E-state index in [-0.39, 0.29) is 12.0 Å². The molecule has 1 fully saturated rings. The standard InChI is InChI=1S/C15H14N2O3S.C5H10N.In/c1-19-15(18)9-12-11-21-14(17-12)6-2-3-8-20-13-5-4-7-16-10-13;6-5-3-1-2-4-5;/h2-5,7,10,12H,9,11H2,1H3;5-6H,1-4H2;/q;-1;+1/t12-;;/m1../s1. The number of carbonyl (C=O) groups is 1. The Labute approximate surface area is 177 Å². The zero-order valence-corrected chi connectivity index (χ0v) is 20.1. The van der Waals surface area contributed by atoms with E-state index >= 15 is 0 Å². The van der Waals surface area contributed by atoms with Crippen molar-refractivity contribution in [3.8, 4) is 5.75 Å². The minimum atomic E-state index is -2.56. The molecule has 4 rings (SSSR count). The Balaban J connectivity index is 1.49. The minimum absolute atomic E-state index is 0.00932. The quantitative estimate of drug-likeness (QED) is 0.580. The molecular weight excluding hydrogens is 477 g/mol. The number of allylic oxidation sites excluding steroid dienone is 2. The van der Waals surface area contributed by atoms with Gasteiger partial charge in [-0.1, -0.05) is 0 Å². The van der Waals surface area contributed by atoms with Gasteiger partial charge in [-0.15, -0.1) is 0 Å². The Morgan fingerprint density at radius 1 is 1.36 bits per heavy atom. The van der Waals surface area contributed by atoms with Crippen molar-refractivity contribution in [1.29, 1.82) is 0 Å². The maximum atomic E-state index is 11.6. The van der Waals surface area contributed by atoms with Crippen molar-refractivity contribution in [2.75, 3.05) is 12.9 Å². The monoisotopic (exact) mass is 501 g/mol. The van der Waals surface area contributed by atoms with E-state index in [0.29, 0.717) is 12.5 Å². The first-order chi connectivity index (χ1) is 13.7.